The molecule has 2 aromatic carbocycles. The Morgan fingerprint density at radius 2 is 1.64 bits per heavy atom. The van der Waals surface area contributed by atoms with Crippen LogP contribution in [-0.4, -0.2) is 36.3 Å². The molecule has 1 unspecified atom stereocenters. The van der Waals surface area contributed by atoms with Crippen LogP contribution in [0.2, 0.25) is 0 Å². The van der Waals surface area contributed by atoms with Crippen molar-refractivity contribution in [3.8, 4) is 11.1 Å². The molecule has 33 heavy (non-hydrogen) atoms. The highest BCUT2D eigenvalue weighted by Crippen LogP contribution is 2.46. The summed E-state index contributed by atoms with van der Waals surface area (Å²) in [7, 11) is 0. The van der Waals surface area contributed by atoms with E-state index in [2.05, 4.69) is 20.5 Å². The average molecular weight is 475 g/mol. The van der Waals surface area contributed by atoms with Crippen LogP contribution in [0.15, 0.2) is 78.1 Å². The van der Waals surface area contributed by atoms with Crippen molar-refractivity contribution in [3.63, 3.8) is 0 Å². The van der Waals surface area contributed by atoms with Crippen LogP contribution in [0.25, 0.3) is 11.1 Å². The first-order valence-electron chi connectivity index (χ1n) is 9.66. The van der Waals surface area contributed by atoms with E-state index in [1.807, 2.05) is 0 Å². The normalized spacial score (nSPS) is 13.6. The van der Waals surface area contributed by atoms with E-state index in [0.717, 1.165) is 58.0 Å². The highest BCUT2D eigenvalue weighted by Gasteiger charge is 2.56. The predicted octanol–water partition coefficient (Wildman–Crippen LogP) is 4.57. The van der Waals surface area contributed by atoms with Crippen LogP contribution in [0, 0.1) is 5.82 Å². The maximum absolute atomic E-state index is 15.7. The standard InChI is InChI=1S/C22H17F4N5OS/c23-13-33-19-8-1-15(2-9-19)16-3-10-20(27-11-16)22(25,26)21(32,12-31-14-28-29-30-31)17-4-6-18(24)7-5-17/h1-11,14,32H,12-13H2. The lowest BCUT2D eigenvalue weighted by molar-refractivity contribution is -0.206. The Morgan fingerprint density at radius 1 is 0.939 bits per heavy atom. The third-order valence-electron chi connectivity index (χ3n) is 5.12. The molecule has 0 aliphatic heterocycles. The zero-order chi connectivity index (χ0) is 23.5. The molecular formula is C22H17F4N5OS. The summed E-state index contributed by atoms with van der Waals surface area (Å²) in [6.07, 6.45) is 2.36. The van der Waals surface area contributed by atoms with Crippen molar-refractivity contribution in [2.75, 3.05) is 6.01 Å². The maximum Gasteiger partial charge on any atom is 0.323 e. The Hall–Kier alpha value is -3.31. The van der Waals surface area contributed by atoms with Crippen molar-refractivity contribution < 1.29 is 22.7 Å². The van der Waals surface area contributed by atoms with E-state index in [1.165, 1.54) is 12.3 Å². The van der Waals surface area contributed by atoms with E-state index >= 15 is 8.78 Å². The number of nitrogens with zero attached hydrogens (tertiary/aromatic N) is 5. The fourth-order valence-corrected chi connectivity index (χ4v) is 3.81. The molecule has 0 aliphatic carbocycles. The van der Waals surface area contributed by atoms with Crippen molar-refractivity contribution in [2.24, 2.45) is 0 Å². The van der Waals surface area contributed by atoms with Crippen LogP contribution in [0.4, 0.5) is 17.6 Å². The summed E-state index contributed by atoms with van der Waals surface area (Å²) < 4.78 is 58.3. The van der Waals surface area contributed by atoms with Gasteiger partial charge in [-0.2, -0.15) is 8.78 Å². The van der Waals surface area contributed by atoms with Crippen molar-refractivity contribution in [1.82, 2.24) is 25.2 Å². The van der Waals surface area contributed by atoms with Crippen LogP contribution in [0.1, 0.15) is 11.3 Å². The van der Waals surface area contributed by atoms with Crippen LogP contribution >= 0.6 is 11.8 Å². The monoisotopic (exact) mass is 475 g/mol. The van der Waals surface area contributed by atoms with Gasteiger partial charge in [0.25, 0.3) is 0 Å². The molecule has 0 saturated carbocycles. The fraction of sp³-hybridized carbons (Fsp3) is 0.182. The molecule has 0 aliphatic rings. The number of thioether (sulfide) groups is 1. The van der Waals surface area contributed by atoms with Gasteiger partial charge in [-0.15, -0.1) is 5.10 Å². The van der Waals surface area contributed by atoms with E-state index in [1.54, 1.807) is 24.3 Å². The molecule has 0 amide bonds. The Bertz CT molecular complexity index is 1190. The van der Waals surface area contributed by atoms with Crippen LogP contribution < -0.4 is 0 Å². The lowest BCUT2D eigenvalue weighted by Crippen LogP contribution is -2.47. The van der Waals surface area contributed by atoms with Gasteiger partial charge in [0, 0.05) is 16.7 Å². The number of tetrazole rings is 1. The van der Waals surface area contributed by atoms with Crippen LogP contribution in [0.5, 0.6) is 0 Å². The Labute approximate surface area is 190 Å². The predicted molar refractivity (Wildman–Crippen MR) is 114 cm³/mol. The van der Waals surface area contributed by atoms with Crippen molar-refractivity contribution >= 4 is 11.8 Å². The number of alkyl halides is 3. The van der Waals surface area contributed by atoms with Crippen LogP contribution in [-0.2, 0) is 18.1 Å². The third-order valence-corrected chi connectivity index (χ3v) is 5.83. The molecule has 1 atom stereocenters. The molecular weight excluding hydrogens is 458 g/mol. The quantitative estimate of drug-likeness (QED) is 0.297. The fourth-order valence-electron chi connectivity index (χ4n) is 3.35. The van der Waals surface area contributed by atoms with Gasteiger partial charge in [0.05, 0.1) is 6.54 Å². The van der Waals surface area contributed by atoms with E-state index < -0.39 is 35.6 Å². The summed E-state index contributed by atoms with van der Waals surface area (Å²) in [6.45, 7) is -0.699. The Balaban J connectivity index is 1.69. The molecule has 170 valence electrons. The minimum absolute atomic E-state index is 0.226. The van der Waals surface area contributed by atoms with Gasteiger partial charge >= 0.3 is 5.92 Å². The molecule has 1 N–H and O–H groups in total. The second kappa shape index (κ2) is 9.28. The van der Waals surface area contributed by atoms with Gasteiger partial charge in [-0.3, -0.25) is 4.98 Å². The lowest BCUT2D eigenvalue weighted by atomic mass is 9.85. The highest BCUT2D eigenvalue weighted by atomic mass is 32.2. The van der Waals surface area contributed by atoms with Gasteiger partial charge in [-0.05, 0) is 51.9 Å². The molecule has 2 aromatic heterocycles. The zero-order valence-electron chi connectivity index (χ0n) is 16.9. The first kappa shape index (κ1) is 22.9. The number of hydrogen-bond donors (Lipinski definition) is 1. The number of hydrogen-bond acceptors (Lipinski definition) is 6. The SMILES string of the molecule is OC(Cn1cnnn1)(c1ccc(F)cc1)C(F)(F)c1ccc(-c2ccc(SCF)cc2)cn1. The molecule has 2 heterocycles. The molecule has 0 spiro atoms. The number of pyridine rings is 1. The number of aromatic nitrogens is 5. The van der Waals surface area contributed by atoms with E-state index in [0.29, 0.717) is 11.1 Å². The summed E-state index contributed by atoms with van der Waals surface area (Å²) in [5, 5.41) is 21.6. The van der Waals surface area contributed by atoms with Crippen molar-refractivity contribution in [3.05, 3.63) is 90.3 Å². The van der Waals surface area contributed by atoms with E-state index in [9.17, 15) is 13.9 Å². The number of rotatable bonds is 8. The average Bonchev–Trinajstić information content (AvgIpc) is 3.33. The second-order valence-electron chi connectivity index (χ2n) is 7.16. The molecule has 6 nitrogen and oxygen atoms in total. The van der Waals surface area contributed by atoms with Gasteiger partial charge in [0.15, 0.2) is 5.60 Å². The van der Waals surface area contributed by atoms with Gasteiger partial charge in [0.2, 0.25) is 0 Å². The smallest absolute Gasteiger partial charge is 0.323 e. The first-order valence-corrected chi connectivity index (χ1v) is 10.6. The Kier molecular flexibility index (Phi) is 6.43. The van der Waals surface area contributed by atoms with E-state index in [4.69, 9.17) is 0 Å². The first-order chi connectivity index (χ1) is 15.8. The molecule has 0 bridgehead atoms. The number of benzene rings is 2. The lowest BCUT2D eigenvalue weighted by Gasteiger charge is -2.35. The zero-order valence-corrected chi connectivity index (χ0v) is 17.8. The van der Waals surface area contributed by atoms with Crippen molar-refractivity contribution in [2.45, 2.75) is 23.0 Å². The molecule has 0 radical (unpaired) electrons. The highest BCUT2D eigenvalue weighted by molar-refractivity contribution is 7.99. The summed E-state index contributed by atoms with van der Waals surface area (Å²) in [5.74, 6) is -4.53. The molecule has 0 fully saturated rings. The maximum atomic E-state index is 15.7. The topological polar surface area (TPSA) is 76.7 Å². The minimum atomic E-state index is -3.89. The van der Waals surface area contributed by atoms with Gasteiger partial charge in [0.1, 0.15) is 23.8 Å². The van der Waals surface area contributed by atoms with Crippen LogP contribution in [0.3, 0.4) is 0 Å². The van der Waals surface area contributed by atoms with Gasteiger partial charge in [-0.1, -0.05) is 42.1 Å². The summed E-state index contributed by atoms with van der Waals surface area (Å²) in [5.41, 5.74) is -2.46. The van der Waals surface area contributed by atoms with Crippen molar-refractivity contribution in [1.29, 1.82) is 0 Å². The third kappa shape index (κ3) is 4.60. The largest absolute Gasteiger partial charge is 0.377 e. The molecule has 0 saturated heterocycles. The number of aliphatic hydroxyl groups is 1. The minimum Gasteiger partial charge on any atom is -0.377 e. The molecule has 4 aromatic rings. The molecule has 4 rings (SSSR count). The Morgan fingerprint density at radius 3 is 2.21 bits per heavy atom. The summed E-state index contributed by atoms with van der Waals surface area (Å²) in [6, 6.07) is 13.1. The molecule has 11 heteroatoms. The number of halogens is 4. The summed E-state index contributed by atoms with van der Waals surface area (Å²) in [4.78, 5) is 4.65. The summed E-state index contributed by atoms with van der Waals surface area (Å²) >= 11 is 1.04. The van der Waals surface area contributed by atoms with Gasteiger partial charge in [-0.25, -0.2) is 13.5 Å². The second-order valence-corrected chi connectivity index (χ2v) is 8.14. The van der Waals surface area contributed by atoms with E-state index in [-0.39, 0.29) is 5.56 Å². The van der Waals surface area contributed by atoms with Gasteiger partial charge < -0.3 is 5.11 Å².